The van der Waals surface area contributed by atoms with Gasteiger partial charge in [-0.25, -0.2) is 12.7 Å². The van der Waals surface area contributed by atoms with Gasteiger partial charge in [0.25, 0.3) is 0 Å². The van der Waals surface area contributed by atoms with Crippen molar-refractivity contribution in [2.75, 3.05) is 14.1 Å². The lowest BCUT2D eigenvalue weighted by molar-refractivity contribution is 0.232. The maximum Gasteiger partial charge on any atom is 0.216 e. The third-order valence-corrected chi connectivity index (χ3v) is 6.18. The number of hydrogen-bond acceptors (Lipinski definition) is 2. The van der Waals surface area contributed by atoms with Crippen molar-refractivity contribution in [2.45, 2.75) is 45.3 Å². The highest BCUT2D eigenvalue weighted by atomic mass is 32.2. The second-order valence-electron chi connectivity index (χ2n) is 5.69. The molecule has 4 heteroatoms. The van der Waals surface area contributed by atoms with Gasteiger partial charge in [0.05, 0.1) is 5.25 Å². The summed E-state index contributed by atoms with van der Waals surface area (Å²) in [6.07, 6.45) is 3.04. The largest absolute Gasteiger partial charge is 0.216 e. The van der Waals surface area contributed by atoms with Crippen molar-refractivity contribution in [1.82, 2.24) is 4.31 Å². The van der Waals surface area contributed by atoms with Gasteiger partial charge in [-0.15, -0.1) is 0 Å². The van der Waals surface area contributed by atoms with E-state index in [9.17, 15) is 8.42 Å². The molecule has 0 aromatic carbocycles. The molecule has 1 fully saturated rings. The van der Waals surface area contributed by atoms with Crippen LogP contribution < -0.4 is 0 Å². The van der Waals surface area contributed by atoms with E-state index in [0.29, 0.717) is 17.8 Å². The minimum atomic E-state index is -3.09. The molecule has 0 amide bonds. The van der Waals surface area contributed by atoms with Gasteiger partial charge in [0.1, 0.15) is 0 Å². The molecule has 96 valence electrons. The Kier molecular flexibility index (Phi) is 4.41. The fourth-order valence-corrected chi connectivity index (χ4v) is 4.73. The Morgan fingerprint density at radius 3 is 2.19 bits per heavy atom. The van der Waals surface area contributed by atoms with E-state index in [1.807, 2.05) is 0 Å². The molecule has 16 heavy (non-hydrogen) atoms. The summed E-state index contributed by atoms with van der Waals surface area (Å²) in [6.45, 7) is 6.44. The van der Waals surface area contributed by atoms with E-state index in [2.05, 4.69) is 20.8 Å². The Labute approximate surface area is 100 Å². The predicted octanol–water partition coefficient (Wildman–Crippen LogP) is 2.34. The van der Waals surface area contributed by atoms with Crippen molar-refractivity contribution in [2.24, 2.45) is 17.8 Å². The molecule has 0 N–H and O–H groups in total. The van der Waals surface area contributed by atoms with Crippen LogP contribution >= 0.6 is 0 Å². The molecule has 0 spiro atoms. The first kappa shape index (κ1) is 14.0. The minimum absolute atomic E-state index is 0.175. The van der Waals surface area contributed by atoms with Crippen molar-refractivity contribution >= 4 is 10.0 Å². The Bertz CT molecular complexity index is 322. The summed E-state index contributed by atoms with van der Waals surface area (Å²) in [5.74, 6) is 1.31. The number of sulfonamides is 1. The molecule has 0 saturated heterocycles. The highest BCUT2D eigenvalue weighted by Crippen LogP contribution is 2.37. The summed E-state index contributed by atoms with van der Waals surface area (Å²) in [4.78, 5) is 0. The zero-order chi connectivity index (χ0) is 12.5. The molecule has 0 bridgehead atoms. The molecule has 0 radical (unpaired) electrons. The Hall–Kier alpha value is -0.0900. The average molecular weight is 247 g/mol. The van der Waals surface area contributed by atoms with Crippen molar-refractivity contribution in [3.05, 3.63) is 0 Å². The van der Waals surface area contributed by atoms with Crippen LogP contribution in [0.25, 0.3) is 0 Å². The standard InChI is InChI=1S/C12H25NO2S/c1-9(2)11-7-6-10(3)8-12(11)16(14,15)13(4)5/h9-12H,6-8H2,1-5H3. The molecule has 3 unspecified atom stereocenters. The number of rotatable bonds is 3. The fraction of sp³-hybridized carbons (Fsp3) is 1.00. The molecule has 3 atom stereocenters. The van der Waals surface area contributed by atoms with Crippen LogP contribution in [0.15, 0.2) is 0 Å². The molecule has 3 nitrogen and oxygen atoms in total. The summed E-state index contributed by atoms with van der Waals surface area (Å²) in [5, 5.41) is -0.175. The maximum absolute atomic E-state index is 12.3. The van der Waals surface area contributed by atoms with E-state index in [4.69, 9.17) is 0 Å². The normalized spacial score (nSPS) is 32.3. The summed E-state index contributed by atoms with van der Waals surface area (Å²) in [6, 6.07) is 0. The van der Waals surface area contributed by atoms with Gasteiger partial charge in [-0.1, -0.05) is 27.2 Å². The zero-order valence-corrected chi connectivity index (χ0v) is 11.9. The predicted molar refractivity (Wildman–Crippen MR) is 67.7 cm³/mol. The quantitative estimate of drug-likeness (QED) is 0.767. The van der Waals surface area contributed by atoms with E-state index < -0.39 is 10.0 Å². The van der Waals surface area contributed by atoms with Crippen molar-refractivity contribution < 1.29 is 8.42 Å². The lowest BCUT2D eigenvalue weighted by Crippen LogP contribution is -2.43. The van der Waals surface area contributed by atoms with Crippen molar-refractivity contribution in [3.63, 3.8) is 0 Å². The van der Waals surface area contributed by atoms with Gasteiger partial charge in [0.2, 0.25) is 10.0 Å². The van der Waals surface area contributed by atoms with Crippen LogP contribution in [0.2, 0.25) is 0 Å². The first-order valence-corrected chi connectivity index (χ1v) is 7.68. The van der Waals surface area contributed by atoms with E-state index in [0.717, 1.165) is 12.8 Å². The topological polar surface area (TPSA) is 37.4 Å². The maximum atomic E-state index is 12.3. The molecule has 0 aromatic rings. The first-order valence-electron chi connectivity index (χ1n) is 6.18. The summed E-state index contributed by atoms with van der Waals surface area (Å²) in [5.41, 5.74) is 0. The van der Waals surface area contributed by atoms with Gasteiger partial charge in [-0.3, -0.25) is 0 Å². The van der Waals surface area contributed by atoms with Gasteiger partial charge < -0.3 is 0 Å². The van der Waals surface area contributed by atoms with Crippen LogP contribution in [-0.4, -0.2) is 32.1 Å². The molecule has 1 saturated carbocycles. The third-order valence-electron chi connectivity index (χ3n) is 3.85. The monoisotopic (exact) mass is 247 g/mol. The smallest absolute Gasteiger partial charge is 0.212 e. The van der Waals surface area contributed by atoms with E-state index in [1.165, 1.54) is 10.7 Å². The Morgan fingerprint density at radius 2 is 1.75 bits per heavy atom. The highest BCUT2D eigenvalue weighted by molar-refractivity contribution is 7.89. The van der Waals surface area contributed by atoms with E-state index >= 15 is 0 Å². The number of nitrogens with zero attached hydrogens (tertiary/aromatic N) is 1. The lowest BCUT2D eigenvalue weighted by atomic mass is 9.77. The Morgan fingerprint density at radius 1 is 1.19 bits per heavy atom. The second-order valence-corrected chi connectivity index (χ2v) is 8.06. The van der Waals surface area contributed by atoms with Crippen molar-refractivity contribution in [1.29, 1.82) is 0 Å². The van der Waals surface area contributed by atoms with Gasteiger partial charge >= 0.3 is 0 Å². The van der Waals surface area contributed by atoms with Crippen LogP contribution in [0.3, 0.4) is 0 Å². The van der Waals surface area contributed by atoms with Crippen LogP contribution in [0.4, 0.5) is 0 Å². The molecule has 0 heterocycles. The minimum Gasteiger partial charge on any atom is -0.212 e. The summed E-state index contributed by atoms with van der Waals surface area (Å²) < 4.78 is 25.9. The van der Waals surface area contributed by atoms with Gasteiger partial charge in [-0.05, 0) is 30.6 Å². The molecule has 1 rings (SSSR count). The molecule has 0 aliphatic heterocycles. The van der Waals surface area contributed by atoms with Crippen LogP contribution in [0, 0.1) is 17.8 Å². The SMILES string of the molecule is CC1CCC(C(C)C)C(S(=O)(=O)N(C)C)C1. The Balaban J connectivity index is 2.96. The summed E-state index contributed by atoms with van der Waals surface area (Å²) >= 11 is 0. The highest BCUT2D eigenvalue weighted by Gasteiger charge is 2.40. The molecule has 1 aliphatic rings. The van der Waals surface area contributed by atoms with Gasteiger partial charge in [0.15, 0.2) is 0 Å². The first-order chi connectivity index (χ1) is 7.26. The van der Waals surface area contributed by atoms with Crippen LogP contribution in [0.1, 0.15) is 40.0 Å². The van der Waals surface area contributed by atoms with Gasteiger partial charge in [-0.2, -0.15) is 0 Å². The number of hydrogen-bond donors (Lipinski definition) is 0. The average Bonchev–Trinajstić information content (AvgIpc) is 2.16. The molecule has 1 aliphatic carbocycles. The molecule has 0 aromatic heterocycles. The van der Waals surface area contributed by atoms with E-state index in [1.54, 1.807) is 14.1 Å². The van der Waals surface area contributed by atoms with Crippen LogP contribution in [-0.2, 0) is 10.0 Å². The van der Waals surface area contributed by atoms with Crippen LogP contribution in [0.5, 0.6) is 0 Å². The summed E-state index contributed by atoms with van der Waals surface area (Å²) in [7, 11) is 0.196. The zero-order valence-electron chi connectivity index (χ0n) is 11.1. The molecular weight excluding hydrogens is 222 g/mol. The molecular formula is C12H25NO2S. The van der Waals surface area contributed by atoms with Gasteiger partial charge in [0, 0.05) is 14.1 Å². The lowest BCUT2D eigenvalue weighted by Gasteiger charge is -2.37. The van der Waals surface area contributed by atoms with Crippen molar-refractivity contribution in [3.8, 4) is 0 Å². The fourth-order valence-electron chi connectivity index (χ4n) is 2.73. The second kappa shape index (κ2) is 5.05. The van der Waals surface area contributed by atoms with E-state index in [-0.39, 0.29) is 5.25 Å². The third kappa shape index (κ3) is 2.77.